The van der Waals surface area contributed by atoms with Crippen LogP contribution in [0.2, 0.25) is 0 Å². The first-order valence-electron chi connectivity index (χ1n) is 7.50. The largest absolute Gasteiger partial charge is 0.279 e. The second kappa shape index (κ2) is 12.4. The fourth-order valence-electron chi connectivity index (χ4n) is 1.68. The molecule has 4 heterocycles. The van der Waals surface area contributed by atoms with Crippen LogP contribution < -0.4 is 0 Å². The molecule has 15 heteroatoms. The lowest BCUT2D eigenvalue weighted by atomic mass is 10.5. The summed E-state index contributed by atoms with van der Waals surface area (Å²) in [5.41, 5.74) is 0. The molecule has 0 aliphatic heterocycles. The number of nitrogens with zero attached hydrogens (tertiary/aromatic N) is 7. The molecule has 0 aromatic carbocycles. The van der Waals surface area contributed by atoms with Crippen molar-refractivity contribution in [1.82, 2.24) is 50.3 Å². The first-order valence-corrected chi connectivity index (χ1v) is 12.9. The highest BCUT2D eigenvalue weighted by molar-refractivity contribution is 14.1. The van der Waals surface area contributed by atoms with Crippen molar-refractivity contribution in [1.29, 1.82) is 0 Å². The minimum absolute atomic E-state index is 0.390. The number of rotatable bonds is 3. The van der Waals surface area contributed by atoms with E-state index in [-0.39, 0.29) is 0 Å². The zero-order chi connectivity index (χ0) is 21.2. The maximum absolute atomic E-state index is 4.80. The van der Waals surface area contributed by atoms with Gasteiger partial charge < -0.3 is 0 Å². The monoisotopic (exact) mass is 670 g/mol. The van der Waals surface area contributed by atoms with Gasteiger partial charge in [-0.15, -0.1) is 5.10 Å². The first-order chi connectivity index (χ1) is 14.0. The van der Waals surface area contributed by atoms with Gasteiger partial charge in [-0.25, -0.2) is 19.9 Å². The van der Waals surface area contributed by atoms with Gasteiger partial charge in [-0.2, -0.15) is 9.97 Å². The molecule has 0 bridgehead atoms. The summed E-state index contributed by atoms with van der Waals surface area (Å²) in [6.07, 6.45) is 8.55. The number of H-pyrrole nitrogens is 3. The topological polar surface area (TPSA) is 138 Å². The maximum Gasteiger partial charge on any atom is 0.213 e. The fourth-order valence-corrected chi connectivity index (χ4v) is 2.55. The van der Waals surface area contributed by atoms with Gasteiger partial charge in [-0.1, -0.05) is 34.4 Å². The van der Waals surface area contributed by atoms with E-state index in [1.165, 1.54) is 11.8 Å². The van der Waals surface area contributed by atoms with E-state index in [0.717, 1.165) is 8.95 Å². The van der Waals surface area contributed by atoms with Gasteiger partial charge in [0.25, 0.3) is 0 Å². The second-order valence-electron chi connectivity index (χ2n) is 4.64. The lowest BCUT2D eigenvalue weighted by Crippen LogP contribution is -1.89. The van der Waals surface area contributed by atoms with Crippen LogP contribution in [0.1, 0.15) is 0 Å². The van der Waals surface area contributed by atoms with Crippen LogP contribution in [0.25, 0.3) is 23.3 Å². The van der Waals surface area contributed by atoms with Crippen molar-refractivity contribution in [3.63, 3.8) is 0 Å². The number of hydrogen-bond donors (Lipinski definition) is 3. The average Bonchev–Trinajstić information content (AvgIpc) is 3.40. The third-order valence-corrected chi connectivity index (χ3v) is 4.37. The summed E-state index contributed by atoms with van der Waals surface area (Å²) in [6, 6.07) is 0. The van der Waals surface area contributed by atoms with Gasteiger partial charge in [0.2, 0.25) is 9.93 Å². The third-order valence-electron chi connectivity index (χ3n) is 2.81. The normalized spacial score (nSPS) is 9.83. The summed E-state index contributed by atoms with van der Waals surface area (Å²) in [5, 5.41) is 12.9. The van der Waals surface area contributed by atoms with Crippen molar-refractivity contribution >= 4 is 78.4 Å². The van der Waals surface area contributed by atoms with E-state index >= 15 is 0 Å². The summed E-state index contributed by atoms with van der Waals surface area (Å²) in [7, 11) is 0. The quantitative estimate of drug-likeness (QED) is 0.125. The number of aromatic amines is 3. The number of thioether (sulfide) groups is 1. The fraction of sp³-hybridized carbons (Fsp3) is 0.143. The predicted molar refractivity (Wildman–Crippen MR) is 129 cm³/mol. The molecule has 4 rings (SSSR count). The maximum atomic E-state index is 4.80. The van der Waals surface area contributed by atoms with Gasteiger partial charge in [0, 0.05) is 24.8 Å². The SMILES string of the molecule is CI.CSc1n[nH]c(-c2ncc(Br)cn2)n1.S=c1nc(-c2ncc(Br)cn2)[nH][nH]1. The van der Waals surface area contributed by atoms with Crippen LogP contribution in [0, 0.1) is 4.77 Å². The molecule has 152 valence electrons. The van der Waals surface area contributed by atoms with E-state index in [9.17, 15) is 0 Å². The Kier molecular flexibility index (Phi) is 10.3. The minimum Gasteiger partial charge on any atom is -0.279 e. The van der Waals surface area contributed by atoms with E-state index in [1.54, 1.807) is 24.8 Å². The molecule has 0 radical (unpaired) electrons. The highest BCUT2D eigenvalue weighted by atomic mass is 127. The summed E-state index contributed by atoms with van der Waals surface area (Å²) in [5.74, 6) is 2.18. The molecule has 4 aromatic heterocycles. The molecular formula is C14H13Br2IN10S2. The van der Waals surface area contributed by atoms with Crippen LogP contribution in [0.15, 0.2) is 38.9 Å². The summed E-state index contributed by atoms with van der Waals surface area (Å²) in [6.45, 7) is 0. The number of alkyl halides is 1. The van der Waals surface area contributed by atoms with E-state index in [0.29, 0.717) is 33.2 Å². The smallest absolute Gasteiger partial charge is 0.213 e. The zero-order valence-electron chi connectivity index (χ0n) is 14.9. The number of hydrogen-bond acceptors (Lipinski definition) is 9. The molecule has 3 N–H and O–H groups in total. The molecule has 0 amide bonds. The molecule has 4 aromatic rings. The van der Waals surface area contributed by atoms with Gasteiger partial charge in [-0.05, 0) is 55.3 Å². The summed E-state index contributed by atoms with van der Waals surface area (Å²) >= 11 is 14.9. The zero-order valence-corrected chi connectivity index (χ0v) is 21.9. The number of halogens is 3. The van der Waals surface area contributed by atoms with Gasteiger partial charge in [0.05, 0.1) is 8.95 Å². The summed E-state index contributed by atoms with van der Waals surface area (Å²) < 4.78 is 2.05. The highest BCUT2D eigenvalue weighted by Gasteiger charge is 2.06. The minimum atomic E-state index is 0.390. The molecule has 0 fully saturated rings. The van der Waals surface area contributed by atoms with Crippen molar-refractivity contribution in [2.75, 3.05) is 11.2 Å². The first kappa shape index (κ1) is 24.0. The van der Waals surface area contributed by atoms with Crippen LogP contribution in [-0.4, -0.2) is 61.5 Å². The lowest BCUT2D eigenvalue weighted by molar-refractivity contribution is 0.975. The molecule has 0 saturated heterocycles. The standard InChI is InChI=1S/C7H6BrN5S.C6H4BrN5S.CH3I/c1-14-7-11-6(12-13-7)5-9-2-4(8)3-10-5;7-3-1-8-4(9-2-3)5-10-6(13)12-11-5;1-2/h2-3H,1H3,(H,11,12,13);1-2H,(H2,10,11,12,13);1H3. The van der Waals surface area contributed by atoms with Crippen LogP contribution in [-0.2, 0) is 0 Å². The number of nitrogens with one attached hydrogen (secondary N) is 3. The van der Waals surface area contributed by atoms with Gasteiger partial charge in [0.1, 0.15) is 0 Å². The third kappa shape index (κ3) is 7.47. The van der Waals surface area contributed by atoms with Crippen molar-refractivity contribution in [3.8, 4) is 23.3 Å². The molecule has 0 saturated carbocycles. The van der Waals surface area contributed by atoms with Gasteiger partial charge >= 0.3 is 0 Å². The van der Waals surface area contributed by atoms with Crippen molar-refractivity contribution in [2.24, 2.45) is 0 Å². The Balaban J connectivity index is 0.000000191. The van der Waals surface area contributed by atoms with Crippen molar-refractivity contribution < 1.29 is 0 Å². The number of aromatic nitrogens is 10. The molecular weight excluding hydrogens is 659 g/mol. The molecule has 0 spiro atoms. The van der Waals surface area contributed by atoms with Gasteiger partial charge in [-0.3, -0.25) is 15.3 Å². The van der Waals surface area contributed by atoms with Crippen LogP contribution >= 0.6 is 78.4 Å². The van der Waals surface area contributed by atoms with E-state index < -0.39 is 0 Å². The van der Waals surface area contributed by atoms with E-state index in [4.69, 9.17) is 12.2 Å². The highest BCUT2D eigenvalue weighted by Crippen LogP contribution is 2.14. The van der Waals surface area contributed by atoms with Crippen LogP contribution in [0.4, 0.5) is 0 Å². The van der Waals surface area contributed by atoms with E-state index in [1.807, 2.05) is 11.2 Å². The Hall–Kier alpha value is -1.30. The Morgan fingerprint density at radius 1 is 0.862 bits per heavy atom. The Morgan fingerprint density at radius 3 is 1.79 bits per heavy atom. The van der Waals surface area contributed by atoms with Gasteiger partial charge in [0.15, 0.2) is 23.3 Å². The summed E-state index contributed by atoms with van der Waals surface area (Å²) in [4.78, 5) is 26.4. The molecule has 0 atom stereocenters. The van der Waals surface area contributed by atoms with E-state index in [2.05, 4.69) is 105 Å². The molecule has 29 heavy (non-hydrogen) atoms. The lowest BCUT2D eigenvalue weighted by Gasteiger charge is -1.92. The molecule has 0 unspecified atom stereocenters. The van der Waals surface area contributed by atoms with Crippen molar-refractivity contribution in [2.45, 2.75) is 5.16 Å². The Labute approximate surface area is 205 Å². The van der Waals surface area contributed by atoms with Crippen molar-refractivity contribution in [3.05, 3.63) is 38.5 Å². The average molecular weight is 672 g/mol. The molecule has 0 aliphatic rings. The Bertz CT molecular complexity index is 1060. The van der Waals surface area contributed by atoms with Crippen LogP contribution in [0.3, 0.4) is 0 Å². The second-order valence-corrected chi connectivity index (χ2v) is 7.63. The molecule has 10 nitrogen and oxygen atoms in total. The Morgan fingerprint density at radius 2 is 1.38 bits per heavy atom. The predicted octanol–water partition coefficient (Wildman–Crippen LogP) is 4.48. The molecule has 0 aliphatic carbocycles. The van der Waals surface area contributed by atoms with Crippen LogP contribution in [0.5, 0.6) is 0 Å².